The van der Waals surface area contributed by atoms with Crippen LogP contribution in [0.2, 0.25) is 0 Å². The summed E-state index contributed by atoms with van der Waals surface area (Å²) in [6, 6.07) is 8.82. The molecule has 0 bridgehead atoms. The molecule has 2 aromatic rings. The number of benzene rings is 2. The molecule has 7 heteroatoms. The number of aldehydes is 1. The summed E-state index contributed by atoms with van der Waals surface area (Å²) in [4.78, 5) is 21.0. The lowest BCUT2D eigenvalue weighted by Gasteiger charge is -2.11. The van der Waals surface area contributed by atoms with Crippen molar-refractivity contribution in [1.82, 2.24) is 0 Å². The molecule has 0 amide bonds. The first-order valence-electron chi connectivity index (χ1n) is 5.80. The van der Waals surface area contributed by atoms with Gasteiger partial charge < -0.3 is 9.47 Å². The molecule has 0 aliphatic rings. The third-order valence-corrected chi connectivity index (χ3v) is 3.29. The average Bonchev–Trinajstić information content (AvgIpc) is 2.49. The van der Waals surface area contributed by atoms with Crippen LogP contribution in [0.5, 0.6) is 17.2 Å². The van der Waals surface area contributed by atoms with Crippen LogP contribution in [0.25, 0.3) is 0 Å². The molecule has 0 atom stereocenters. The predicted octanol–water partition coefficient (Wildman–Crippen LogP) is 3.97. The molecule has 2 rings (SSSR count). The van der Waals surface area contributed by atoms with Crippen LogP contribution in [0.1, 0.15) is 10.4 Å². The van der Waals surface area contributed by atoms with E-state index in [1.54, 1.807) is 18.2 Å². The Kier molecular flexibility index (Phi) is 4.54. The van der Waals surface area contributed by atoms with Crippen molar-refractivity contribution in [3.63, 3.8) is 0 Å². The lowest BCUT2D eigenvalue weighted by Crippen LogP contribution is -1.94. The van der Waals surface area contributed by atoms with Gasteiger partial charge in [0.1, 0.15) is 12.0 Å². The molecule has 0 fully saturated rings. The van der Waals surface area contributed by atoms with Crippen LogP contribution in [0.4, 0.5) is 5.69 Å². The second kappa shape index (κ2) is 6.36. The van der Waals surface area contributed by atoms with Crippen molar-refractivity contribution >= 4 is 27.9 Å². The Hall–Kier alpha value is -2.41. The Labute approximate surface area is 128 Å². The molecule has 108 valence electrons. The van der Waals surface area contributed by atoms with Gasteiger partial charge in [0.05, 0.1) is 22.6 Å². The van der Waals surface area contributed by atoms with E-state index in [2.05, 4.69) is 15.9 Å². The molecule has 6 nitrogen and oxygen atoms in total. The second-order valence-electron chi connectivity index (χ2n) is 4.00. The number of nitro groups is 1. The first kappa shape index (κ1) is 15.0. The Bertz CT molecular complexity index is 702. The quantitative estimate of drug-likeness (QED) is 0.462. The standard InChI is InChI=1S/C14H10BrNO5/c1-20-13-5-3-10(16(18)19)7-14(13)21-12-4-2-9(8-17)6-11(12)15/h2-8H,1H3. The summed E-state index contributed by atoms with van der Waals surface area (Å²) in [5, 5.41) is 10.8. The van der Waals surface area contributed by atoms with E-state index in [1.807, 2.05) is 0 Å². The fourth-order valence-electron chi connectivity index (χ4n) is 1.65. The van der Waals surface area contributed by atoms with Crippen LogP contribution in [-0.2, 0) is 0 Å². The second-order valence-corrected chi connectivity index (χ2v) is 4.86. The van der Waals surface area contributed by atoms with Crippen LogP contribution >= 0.6 is 15.9 Å². The van der Waals surface area contributed by atoms with Gasteiger partial charge >= 0.3 is 0 Å². The summed E-state index contributed by atoms with van der Waals surface area (Å²) in [6.07, 6.45) is 0.711. The number of rotatable bonds is 5. The first-order chi connectivity index (χ1) is 10.0. The lowest BCUT2D eigenvalue weighted by atomic mass is 10.2. The number of carbonyl (C=O) groups is 1. The van der Waals surface area contributed by atoms with Crippen molar-refractivity contribution in [2.75, 3.05) is 7.11 Å². The summed E-state index contributed by atoms with van der Waals surface area (Å²) >= 11 is 3.28. The van der Waals surface area contributed by atoms with Crippen molar-refractivity contribution in [3.8, 4) is 17.2 Å². The number of ether oxygens (including phenoxy) is 2. The van der Waals surface area contributed by atoms with Gasteiger partial charge in [-0.2, -0.15) is 0 Å². The maximum Gasteiger partial charge on any atom is 0.273 e. The molecule has 0 aromatic heterocycles. The number of halogens is 1. The van der Waals surface area contributed by atoms with Crippen molar-refractivity contribution in [1.29, 1.82) is 0 Å². The van der Waals surface area contributed by atoms with Gasteiger partial charge in [-0.25, -0.2) is 0 Å². The van der Waals surface area contributed by atoms with E-state index in [1.165, 1.54) is 25.3 Å². The van der Waals surface area contributed by atoms with Gasteiger partial charge in [0.2, 0.25) is 0 Å². The maximum atomic E-state index is 10.8. The van der Waals surface area contributed by atoms with Crippen molar-refractivity contribution in [3.05, 3.63) is 56.5 Å². The van der Waals surface area contributed by atoms with Gasteiger partial charge in [-0.15, -0.1) is 0 Å². The van der Waals surface area contributed by atoms with Crippen LogP contribution in [0, 0.1) is 10.1 Å². The summed E-state index contributed by atoms with van der Waals surface area (Å²) in [5.74, 6) is 0.998. The zero-order valence-electron chi connectivity index (χ0n) is 10.9. The molecule has 2 aromatic carbocycles. The van der Waals surface area contributed by atoms with Crippen LogP contribution in [-0.4, -0.2) is 18.3 Å². The van der Waals surface area contributed by atoms with E-state index in [4.69, 9.17) is 9.47 Å². The van der Waals surface area contributed by atoms with E-state index < -0.39 is 4.92 Å². The Morgan fingerprint density at radius 3 is 2.43 bits per heavy atom. The number of carbonyl (C=O) groups excluding carboxylic acids is 1. The molecule has 0 heterocycles. The highest BCUT2D eigenvalue weighted by Gasteiger charge is 2.14. The largest absolute Gasteiger partial charge is 0.493 e. The number of nitrogens with zero attached hydrogens (tertiary/aromatic N) is 1. The molecule has 0 spiro atoms. The van der Waals surface area contributed by atoms with Crippen LogP contribution in [0.3, 0.4) is 0 Å². The van der Waals surface area contributed by atoms with Crippen molar-refractivity contribution in [2.24, 2.45) is 0 Å². The number of nitro benzene ring substituents is 1. The van der Waals surface area contributed by atoms with Gasteiger partial charge in [0, 0.05) is 11.6 Å². The minimum Gasteiger partial charge on any atom is -0.493 e. The topological polar surface area (TPSA) is 78.7 Å². The summed E-state index contributed by atoms with van der Waals surface area (Å²) < 4.78 is 11.3. The maximum absolute atomic E-state index is 10.8. The smallest absolute Gasteiger partial charge is 0.273 e. The molecule has 0 radical (unpaired) electrons. The molecular weight excluding hydrogens is 342 g/mol. The van der Waals surface area contributed by atoms with E-state index in [9.17, 15) is 14.9 Å². The summed E-state index contributed by atoms with van der Waals surface area (Å²) in [7, 11) is 1.44. The average molecular weight is 352 g/mol. The zero-order valence-corrected chi connectivity index (χ0v) is 12.5. The molecule has 0 N–H and O–H groups in total. The minimum absolute atomic E-state index is 0.105. The van der Waals surface area contributed by atoms with Gasteiger partial charge in [-0.05, 0) is 40.2 Å². The molecule has 0 saturated heterocycles. The summed E-state index contributed by atoms with van der Waals surface area (Å²) in [5.41, 5.74) is 0.381. The van der Waals surface area contributed by atoms with Gasteiger partial charge in [0.15, 0.2) is 11.5 Å². The van der Waals surface area contributed by atoms with E-state index in [0.717, 1.165) is 0 Å². The fourth-order valence-corrected chi connectivity index (χ4v) is 2.13. The Morgan fingerprint density at radius 2 is 1.86 bits per heavy atom. The molecule has 0 aliphatic heterocycles. The normalized spacial score (nSPS) is 10.0. The van der Waals surface area contributed by atoms with E-state index in [-0.39, 0.29) is 11.4 Å². The number of methoxy groups -OCH3 is 1. The van der Waals surface area contributed by atoms with Crippen LogP contribution in [0.15, 0.2) is 40.9 Å². The monoisotopic (exact) mass is 351 g/mol. The number of hydrogen-bond donors (Lipinski definition) is 0. The number of hydrogen-bond acceptors (Lipinski definition) is 5. The highest BCUT2D eigenvalue weighted by atomic mass is 79.9. The zero-order chi connectivity index (χ0) is 15.4. The Balaban J connectivity index is 2.40. The van der Waals surface area contributed by atoms with Crippen molar-refractivity contribution in [2.45, 2.75) is 0 Å². The SMILES string of the molecule is COc1ccc([N+](=O)[O-])cc1Oc1ccc(C=O)cc1Br. The van der Waals surface area contributed by atoms with Gasteiger partial charge in [-0.1, -0.05) is 0 Å². The van der Waals surface area contributed by atoms with Crippen molar-refractivity contribution < 1.29 is 19.2 Å². The highest BCUT2D eigenvalue weighted by Crippen LogP contribution is 2.37. The minimum atomic E-state index is -0.517. The molecule has 0 saturated carbocycles. The highest BCUT2D eigenvalue weighted by molar-refractivity contribution is 9.10. The van der Waals surface area contributed by atoms with Gasteiger partial charge in [0.25, 0.3) is 5.69 Å². The summed E-state index contributed by atoms with van der Waals surface area (Å²) in [6.45, 7) is 0. The van der Waals surface area contributed by atoms with Crippen LogP contribution < -0.4 is 9.47 Å². The van der Waals surface area contributed by atoms with Gasteiger partial charge in [-0.3, -0.25) is 14.9 Å². The predicted molar refractivity (Wildman–Crippen MR) is 79.3 cm³/mol. The third-order valence-electron chi connectivity index (χ3n) is 2.67. The fraction of sp³-hybridized carbons (Fsp3) is 0.0714. The molecular formula is C14H10BrNO5. The lowest BCUT2D eigenvalue weighted by molar-refractivity contribution is -0.384. The molecule has 21 heavy (non-hydrogen) atoms. The van der Waals surface area contributed by atoms with E-state index in [0.29, 0.717) is 27.8 Å². The molecule has 0 unspecified atom stereocenters. The first-order valence-corrected chi connectivity index (χ1v) is 6.59. The third kappa shape index (κ3) is 3.38. The van der Waals surface area contributed by atoms with E-state index >= 15 is 0 Å². The molecule has 0 aliphatic carbocycles. The Morgan fingerprint density at radius 1 is 1.14 bits per heavy atom. The number of non-ortho nitro benzene ring substituents is 1.